The molecule has 2 heteroatoms. The van der Waals surface area contributed by atoms with Crippen molar-refractivity contribution in [1.82, 2.24) is 4.98 Å². The van der Waals surface area contributed by atoms with E-state index < -0.39 is 26.4 Å². The Morgan fingerprint density at radius 2 is 1.64 bits per heavy atom. The molecule has 1 fully saturated rings. The average Bonchev–Trinajstić information content (AvgIpc) is 3.44. The van der Waals surface area contributed by atoms with Crippen LogP contribution in [-0.4, -0.2) is 4.98 Å². The van der Waals surface area contributed by atoms with Crippen molar-refractivity contribution >= 4 is 21.9 Å². The number of benzene rings is 3. The summed E-state index contributed by atoms with van der Waals surface area (Å²) in [5, 5.41) is 1.55. The molecular weight excluding hydrogens is 546 g/mol. The van der Waals surface area contributed by atoms with Gasteiger partial charge in [0.2, 0.25) is 0 Å². The molecule has 0 amide bonds. The van der Waals surface area contributed by atoms with E-state index in [0.29, 0.717) is 62.9 Å². The van der Waals surface area contributed by atoms with Gasteiger partial charge in [0.25, 0.3) is 0 Å². The molecule has 236 valence electrons. The molecule has 45 heavy (non-hydrogen) atoms. The smallest absolute Gasteiger partial charge is 0.144 e. The van der Waals surface area contributed by atoms with Crippen LogP contribution < -0.4 is 0 Å². The normalized spacial score (nSPS) is 24.2. The summed E-state index contributed by atoms with van der Waals surface area (Å²) < 4.78 is 91.7. The van der Waals surface area contributed by atoms with Crippen molar-refractivity contribution in [3.8, 4) is 22.4 Å². The van der Waals surface area contributed by atoms with Crippen molar-refractivity contribution in [2.75, 3.05) is 0 Å². The Bertz CT molecular complexity index is 2230. The molecule has 0 radical (unpaired) electrons. The fourth-order valence-corrected chi connectivity index (χ4v) is 8.53. The lowest BCUT2D eigenvalue weighted by atomic mass is 9.59. The summed E-state index contributed by atoms with van der Waals surface area (Å²) in [5.41, 5.74) is 4.96. The molecule has 0 aliphatic heterocycles. The Morgan fingerprint density at radius 1 is 0.889 bits per heavy atom. The van der Waals surface area contributed by atoms with Crippen molar-refractivity contribution in [3.05, 3.63) is 88.1 Å². The summed E-state index contributed by atoms with van der Waals surface area (Å²) in [6.07, 6.45) is 5.71. The summed E-state index contributed by atoms with van der Waals surface area (Å²) >= 11 is 0. The molecule has 2 nitrogen and oxygen atoms in total. The Balaban J connectivity index is 1.52. The first-order chi connectivity index (χ1) is 25.3. The minimum absolute atomic E-state index is 0.0164. The molecule has 0 N–H and O–H groups in total. The van der Waals surface area contributed by atoms with Crippen LogP contribution in [0.1, 0.15) is 120 Å². The van der Waals surface area contributed by atoms with Gasteiger partial charge in [0.15, 0.2) is 0 Å². The fourth-order valence-electron chi connectivity index (χ4n) is 8.53. The van der Waals surface area contributed by atoms with Gasteiger partial charge >= 0.3 is 0 Å². The van der Waals surface area contributed by atoms with E-state index in [1.807, 2.05) is 38.1 Å². The van der Waals surface area contributed by atoms with Crippen LogP contribution in [-0.2, 0) is 0 Å². The molecule has 1 saturated carbocycles. The first-order valence-corrected chi connectivity index (χ1v) is 16.5. The van der Waals surface area contributed by atoms with Crippen molar-refractivity contribution in [2.45, 2.75) is 107 Å². The van der Waals surface area contributed by atoms with Crippen LogP contribution in [0.5, 0.6) is 0 Å². The standard InChI is InChI=1S/C43H53NO/c1-25(2)21-43(22-26(3)4)15-14-33(31(9)23-43)36-18-29(7)37(19-28(36)6)38-20-39(44-24-32(38)10)34-12-11-13-35-41-30(8)16-27(5)17-40(41)45-42(34)35/h11-13,16-20,24-26,31,33H,14-15,21-23H2,1-10H3/i5D3,6D3,10D3,33D. The fraction of sp³-hybridized carbons (Fsp3) is 0.465. The largest absolute Gasteiger partial charge is 0.455 e. The van der Waals surface area contributed by atoms with Crippen molar-refractivity contribution in [1.29, 1.82) is 0 Å². The van der Waals surface area contributed by atoms with Crippen LogP contribution in [0.25, 0.3) is 44.3 Å². The number of nitrogens with zero attached hydrogens (tertiary/aromatic N) is 1. The van der Waals surface area contributed by atoms with E-state index >= 15 is 0 Å². The molecule has 1 aliphatic carbocycles. The molecule has 5 aromatic rings. The lowest BCUT2D eigenvalue weighted by molar-refractivity contribution is 0.0752. The molecule has 0 bridgehead atoms. The summed E-state index contributed by atoms with van der Waals surface area (Å²) in [6.45, 7) is 7.35. The number of furan rings is 1. The second kappa shape index (κ2) is 12.1. The van der Waals surface area contributed by atoms with Crippen LogP contribution in [0.4, 0.5) is 0 Å². The number of rotatable bonds is 7. The lowest BCUT2D eigenvalue weighted by Crippen LogP contribution is -2.34. The van der Waals surface area contributed by atoms with E-state index in [9.17, 15) is 1.37 Å². The summed E-state index contributed by atoms with van der Waals surface area (Å²) in [6, 6.07) is 13.9. The molecule has 2 aromatic heterocycles. The molecular formula is C43H53NO. The molecule has 3 aromatic carbocycles. The van der Waals surface area contributed by atoms with E-state index in [4.69, 9.17) is 16.8 Å². The van der Waals surface area contributed by atoms with Gasteiger partial charge in [-0.15, -0.1) is 0 Å². The van der Waals surface area contributed by atoms with Gasteiger partial charge in [-0.2, -0.15) is 0 Å². The summed E-state index contributed by atoms with van der Waals surface area (Å²) in [5.74, 6) is -0.202. The molecule has 2 unspecified atom stereocenters. The highest BCUT2D eigenvalue weighted by Gasteiger charge is 2.40. The van der Waals surface area contributed by atoms with Crippen LogP contribution in [0, 0.1) is 57.6 Å². The monoisotopic (exact) mass is 609 g/mol. The van der Waals surface area contributed by atoms with Crippen molar-refractivity contribution < 1.29 is 18.1 Å². The van der Waals surface area contributed by atoms with Crippen LogP contribution in [0.15, 0.2) is 59.1 Å². The minimum atomic E-state index is -2.56. The van der Waals surface area contributed by atoms with Gasteiger partial charge in [-0.1, -0.05) is 65.0 Å². The third kappa shape index (κ3) is 5.98. The maximum absolute atomic E-state index is 9.98. The van der Waals surface area contributed by atoms with Crippen LogP contribution in [0.3, 0.4) is 0 Å². The number of fused-ring (bicyclic) bond motifs is 3. The van der Waals surface area contributed by atoms with E-state index in [-0.39, 0.29) is 28.0 Å². The Morgan fingerprint density at radius 3 is 2.33 bits per heavy atom. The first-order valence-electron chi connectivity index (χ1n) is 21.5. The Labute approximate surface area is 285 Å². The third-order valence-corrected chi connectivity index (χ3v) is 9.92. The van der Waals surface area contributed by atoms with Crippen LogP contribution in [0.2, 0.25) is 0 Å². The maximum atomic E-state index is 9.98. The number of aryl methyl sites for hydroxylation is 5. The average molecular weight is 610 g/mol. The van der Waals surface area contributed by atoms with Gasteiger partial charge in [0, 0.05) is 36.2 Å². The predicted molar refractivity (Wildman–Crippen MR) is 193 cm³/mol. The van der Waals surface area contributed by atoms with Gasteiger partial charge in [0.1, 0.15) is 11.2 Å². The zero-order valence-electron chi connectivity index (χ0n) is 37.8. The highest BCUT2D eigenvalue weighted by atomic mass is 16.3. The topological polar surface area (TPSA) is 26.0 Å². The number of pyridine rings is 1. The van der Waals surface area contributed by atoms with E-state index in [1.54, 1.807) is 18.2 Å². The van der Waals surface area contributed by atoms with E-state index in [2.05, 4.69) is 39.6 Å². The zero-order valence-corrected chi connectivity index (χ0v) is 27.8. The maximum Gasteiger partial charge on any atom is 0.144 e. The van der Waals surface area contributed by atoms with Gasteiger partial charge < -0.3 is 4.42 Å². The van der Waals surface area contributed by atoms with Crippen molar-refractivity contribution in [2.24, 2.45) is 23.2 Å². The molecule has 6 rings (SSSR count). The predicted octanol–water partition coefficient (Wildman–Crippen LogP) is 12.8. The van der Waals surface area contributed by atoms with Crippen molar-refractivity contribution in [3.63, 3.8) is 0 Å². The Hall–Kier alpha value is -3.39. The van der Waals surface area contributed by atoms with E-state index in [1.165, 1.54) is 12.3 Å². The minimum Gasteiger partial charge on any atom is -0.455 e. The lowest BCUT2D eigenvalue weighted by Gasteiger charge is -2.46. The SMILES string of the molecule is [2H]C([2H])([2H])c1cc(C)c2c(c1)oc1c(-c3cc(-c4cc(C([2H])([2H])[2H])c(C5([2H])CCC(CC(C)C)(CC(C)C)CC5C)cc4C)c(C([2H])([2H])[2H])cn3)cccc12. The molecule has 0 saturated heterocycles. The molecule has 2 atom stereocenters. The van der Waals surface area contributed by atoms with E-state index in [0.717, 1.165) is 42.0 Å². The summed E-state index contributed by atoms with van der Waals surface area (Å²) in [7, 11) is 0. The Kier molecular flexibility index (Phi) is 5.75. The number of para-hydroxylation sites is 1. The second-order valence-electron chi connectivity index (χ2n) is 14.6. The quantitative estimate of drug-likeness (QED) is 0.183. The number of hydrogen-bond acceptors (Lipinski definition) is 2. The molecule has 0 spiro atoms. The number of aromatic nitrogens is 1. The second-order valence-corrected chi connectivity index (χ2v) is 14.6. The molecule has 1 aliphatic rings. The third-order valence-electron chi connectivity index (χ3n) is 9.92. The number of hydrogen-bond donors (Lipinski definition) is 0. The highest BCUT2D eigenvalue weighted by molar-refractivity contribution is 6.11. The zero-order chi connectivity index (χ0) is 40.6. The summed E-state index contributed by atoms with van der Waals surface area (Å²) in [4.78, 5) is 4.62. The van der Waals surface area contributed by atoms with Gasteiger partial charge in [0.05, 0.1) is 5.69 Å². The first kappa shape index (κ1) is 21.4. The van der Waals surface area contributed by atoms with Crippen LogP contribution >= 0.6 is 0 Å². The van der Waals surface area contributed by atoms with Gasteiger partial charge in [-0.25, -0.2) is 0 Å². The van der Waals surface area contributed by atoms with Gasteiger partial charge in [-0.3, -0.25) is 4.98 Å². The molecule has 2 heterocycles. The van der Waals surface area contributed by atoms with Gasteiger partial charge in [-0.05, 0) is 158 Å². The highest BCUT2D eigenvalue weighted by Crippen LogP contribution is 2.53.